The fraction of sp³-hybridized carbons (Fsp3) is 0.316. The summed E-state index contributed by atoms with van der Waals surface area (Å²) in [6.45, 7) is 3.97. The number of hydrogen-bond acceptors (Lipinski definition) is 8. The first-order valence-electron chi connectivity index (χ1n) is 9.03. The molecule has 9 nitrogen and oxygen atoms in total. The maximum Gasteiger partial charge on any atom is 0.248 e. The highest BCUT2D eigenvalue weighted by Gasteiger charge is 2.22. The minimum absolute atomic E-state index is 0.453. The number of aryl methyl sites for hydroxylation is 1. The fourth-order valence-corrected chi connectivity index (χ4v) is 3.26. The van der Waals surface area contributed by atoms with Crippen molar-refractivity contribution < 1.29 is 9.42 Å². The Morgan fingerprint density at radius 2 is 2.04 bits per heavy atom. The van der Waals surface area contributed by atoms with Gasteiger partial charge in [0.1, 0.15) is 17.2 Å². The zero-order valence-electron chi connectivity index (χ0n) is 15.8. The average Bonchev–Trinajstić information content (AvgIpc) is 3.11. The lowest BCUT2D eigenvalue weighted by Gasteiger charge is -2.25. The summed E-state index contributed by atoms with van der Waals surface area (Å²) < 4.78 is 4.81. The van der Waals surface area contributed by atoms with Crippen LogP contribution in [0.3, 0.4) is 0 Å². The Hall–Kier alpha value is -3.33. The highest BCUT2D eigenvalue weighted by molar-refractivity contribution is 5.93. The Labute approximate surface area is 161 Å². The number of nitrogens with one attached hydrogen (secondary N) is 1. The van der Waals surface area contributed by atoms with E-state index in [0.717, 1.165) is 47.0 Å². The smallest absolute Gasteiger partial charge is 0.248 e. The number of fused-ring (bicyclic) bond motifs is 1. The van der Waals surface area contributed by atoms with Crippen LogP contribution in [0.2, 0.25) is 0 Å². The molecule has 0 fully saturated rings. The quantitative estimate of drug-likeness (QED) is 0.678. The summed E-state index contributed by atoms with van der Waals surface area (Å²) in [5.41, 5.74) is 10.3. The molecule has 3 heterocycles. The highest BCUT2D eigenvalue weighted by Crippen LogP contribution is 2.28. The first kappa shape index (κ1) is 18.1. The number of primary amides is 1. The zero-order valence-corrected chi connectivity index (χ0v) is 15.8. The summed E-state index contributed by atoms with van der Waals surface area (Å²) in [7, 11) is 1.97. The largest absolute Gasteiger partial charge is 0.366 e. The van der Waals surface area contributed by atoms with Crippen LogP contribution in [-0.4, -0.2) is 39.8 Å². The minimum atomic E-state index is -0.459. The minimum Gasteiger partial charge on any atom is -0.366 e. The third kappa shape index (κ3) is 3.44. The van der Waals surface area contributed by atoms with Crippen LogP contribution in [0.25, 0.3) is 11.4 Å². The molecule has 0 saturated carbocycles. The molecule has 1 aliphatic rings. The number of hydrogen-bond donors (Lipinski definition) is 2. The molecule has 1 aliphatic heterocycles. The van der Waals surface area contributed by atoms with Crippen molar-refractivity contribution in [3.63, 3.8) is 0 Å². The molecule has 144 valence electrons. The number of nitrogens with two attached hydrogens (primary N) is 1. The van der Waals surface area contributed by atoms with Gasteiger partial charge in [0.05, 0.1) is 12.2 Å². The molecule has 0 aliphatic carbocycles. The third-order valence-corrected chi connectivity index (χ3v) is 4.84. The third-order valence-electron chi connectivity index (χ3n) is 4.84. The van der Waals surface area contributed by atoms with Gasteiger partial charge in [0.2, 0.25) is 5.91 Å². The summed E-state index contributed by atoms with van der Waals surface area (Å²) in [6.07, 6.45) is 0.853. The number of benzene rings is 1. The van der Waals surface area contributed by atoms with E-state index in [1.54, 1.807) is 12.1 Å². The second kappa shape index (κ2) is 7.35. The molecule has 0 saturated heterocycles. The van der Waals surface area contributed by atoms with Crippen LogP contribution in [0, 0.1) is 6.92 Å². The topological polar surface area (TPSA) is 123 Å². The molecule has 1 aromatic carbocycles. The summed E-state index contributed by atoms with van der Waals surface area (Å²) in [4.78, 5) is 22.9. The maximum atomic E-state index is 11.3. The maximum absolute atomic E-state index is 11.3. The fourth-order valence-electron chi connectivity index (χ4n) is 3.26. The van der Waals surface area contributed by atoms with E-state index in [4.69, 9.17) is 20.3 Å². The van der Waals surface area contributed by atoms with E-state index < -0.39 is 5.91 Å². The van der Waals surface area contributed by atoms with Crippen molar-refractivity contribution in [2.75, 3.05) is 18.5 Å². The number of nitrogens with zero attached hydrogens (tertiary/aromatic N) is 5. The lowest BCUT2D eigenvalue weighted by atomic mass is 10.1. The van der Waals surface area contributed by atoms with Crippen LogP contribution in [0.5, 0.6) is 0 Å². The molecular weight excluding hydrogens is 358 g/mol. The second-order valence-electron chi connectivity index (χ2n) is 6.82. The molecule has 0 spiro atoms. The van der Waals surface area contributed by atoms with Crippen molar-refractivity contribution in [2.24, 2.45) is 5.73 Å². The van der Waals surface area contributed by atoms with E-state index in [0.29, 0.717) is 24.5 Å². The predicted molar refractivity (Wildman–Crippen MR) is 103 cm³/mol. The molecule has 1 amide bonds. The first-order chi connectivity index (χ1) is 13.5. The van der Waals surface area contributed by atoms with Gasteiger partial charge in [-0.2, -0.15) is 0 Å². The molecule has 2 aromatic heterocycles. The number of aromatic nitrogens is 4. The van der Waals surface area contributed by atoms with Gasteiger partial charge in [-0.25, -0.2) is 14.6 Å². The van der Waals surface area contributed by atoms with Crippen molar-refractivity contribution in [1.82, 2.24) is 25.6 Å². The van der Waals surface area contributed by atoms with Gasteiger partial charge in [-0.3, -0.25) is 4.79 Å². The normalized spacial score (nSPS) is 13.2. The van der Waals surface area contributed by atoms with E-state index in [9.17, 15) is 4.79 Å². The Kier molecular flexibility index (Phi) is 4.74. The van der Waals surface area contributed by atoms with Gasteiger partial charge in [-0.15, -0.1) is 0 Å². The molecule has 0 bridgehead atoms. The van der Waals surface area contributed by atoms with Crippen LogP contribution in [0.15, 0.2) is 28.9 Å². The molecule has 4 rings (SSSR count). The Bertz CT molecular complexity index is 1010. The van der Waals surface area contributed by atoms with Crippen LogP contribution in [-0.2, 0) is 19.5 Å². The molecule has 0 unspecified atom stereocenters. The van der Waals surface area contributed by atoms with Gasteiger partial charge in [-0.05, 0) is 32.0 Å². The van der Waals surface area contributed by atoms with Gasteiger partial charge in [-0.1, -0.05) is 22.4 Å². The molecule has 0 radical (unpaired) electrons. The van der Waals surface area contributed by atoms with E-state index in [-0.39, 0.29) is 0 Å². The van der Waals surface area contributed by atoms with E-state index in [1.807, 2.05) is 31.0 Å². The van der Waals surface area contributed by atoms with E-state index in [1.165, 1.54) is 0 Å². The summed E-state index contributed by atoms with van der Waals surface area (Å²) in [5.74, 6) is 1.01. The van der Waals surface area contributed by atoms with Crippen molar-refractivity contribution in [3.8, 4) is 11.4 Å². The summed E-state index contributed by atoms with van der Waals surface area (Å²) in [5, 5.41) is 11.2. The Balaban J connectivity index is 1.73. The molecule has 28 heavy (non-hydrogen) atoms. The van der Waals surface area contributed by atoms with E-state index >= 15 is 0 Å². The van der Waals surface area contributed by atoms with Gasteiger partial charge in [0, 0.05) is 30.3 Å². The zero-order chi connectivity index (χ0) is 19.7. The van der Waals surface area contributed by atoms with Gasteiger partial charge in [0.25, 0.3) is 0 Å². The van der Waals surface area contributed by atoms with Gasteiger partial charge >= 0.3 is 0 Å². The molecule has 3 N–H and O–H groups in total. The Morgan fingerprint density at radius 1 is 1.25 bits per heavy atom. The SMILES string of the molecule is Cc1nonc1CN(C)c1nc(-c2ccc(C(N)=O)cc2)nc2c1CCNC2. The molecule has 0 atom stereocenters. The van der Waals surface area contributed by atoms with E-state index in [2.05, 4.69) is 15.6 Å². The summed E-state index contributed by atoms with van der Waals surface area (Å²) in [6, 6.07) is 7.00. The monoisotopic (exact) mass is 379 g/mol. The van der Waals surface area contributed by atoms with Crippen LogP contribution >= 0.6 is 0 Å². The highest BCUT2D eigenvalue weighted by atomic mass is 16.6. The molecule has 9 heteroatoms. The first-order valence-corrected chi connectivity index (χ1v) is 9.03. The van der Waals surface area contributed by atoms with Crippen molar-refractivity contribution in [3.05, 3.63) is 52.5 Å². The number of carbonyl (C=O) groups is 1. The molecular formula is C19H21N7O2. The average molecular weight is 379 g/mol. The number of carbonyl (C=O) groups excluding carboxylic acids is 1. The van der Waals surface area contributed by atoms with Crippen molar-refractivity contribution in [1.29, 1.82) is 0 Å². The number of amides is 1. The molecule has 3 aromatic rings. The lowest BCUT2D eigenvalue weighted by molar-refractivity contribution is 0.100. The van der Waals surface area contributed by atoms with Gasteiger partial charge in [0.15, 0.2) is 5.82 Å². The van der Waals surface area contributed by atoms with Gasteiger partial charge < -0.3 is 16.0 Å². The number of anilines is 1. The lowest BCUT2D eigenvalue weighted by Crippen LogP contribution is -2.29. The summed E-state index contributed by atoms with van der Waals surface area (Å²) >= 11 is 0. The standard InChI is InChI=1S/C19H21N7O2/c1-11-16(25-28-24-11)10-26(2)19-14-7-8-21-9-15(14)22-18(23-19)13-5-3-12(4-6-13)17(20)27/h3-6,21H,7-10H2,1-2H3,(H2,20,27). The van der Waals surface area contributed by atoms with Crippen LogP contribution < -0.4 is 16.0 Å². The van der Waals surface area contributed by atoms with Crippen LogP contribution in [0.1, 0.15) is 33.0 Å². The predicted octanol–water partition coefficient (Wildman–Crippen LogP) is 1.22. The number of rotatable bonds is 5. The van der Waals surface area contributed by atoms with Crippen LogP contribution in [0.4, 0.5) is 5.82 Å². The second-order valence-corrected chi connectivity index (χ2v) is 6.82. The van der Waals surface area contributed by atoms with Crippen molar-refractivity contribution in [2.45, 2.75) is 26.4 Å². The Morgan fingerprint density at radius 3 is 2.71 bits per heavy atom. The van der Waals surface area contributed by atoms with Crippen molar-refractivity contribution >= 4 is 11.7 Å².